The molecule has 0 aromatic heterocycles. The average Bonchev–Trinajstić information content (AvgIpc) is 2.21. The topological polar surface area (TPSA) is 23.8 Å². The molecule has 1 nitrogen and oxygen atoms in total. The first kappa shape index (κ1) is 11.6. The summed E-state index contributed by atoms with van der Waals surface area (Å²) in [4.78, 5) is 0. The maximum absolute atomic E-state index is 8.61. The quantitative estimate of drug-likeness (QED) is 0.598. The van der Waals surface area contributed by atoms with E-state index in [2.05, 4.69) is 13.0 Å². The van der Waals surface area contributed by atoms with E-state index < -0.39 is 0 Å². The van der Waals surface area contributed by atoms with Gasteiger partial charge in [-0.15, -0.1) is 0 Å². The van der Waals surface area contributed by atoms with Gasteiger partial charge >= 0.3 is 0 Å². The minimum absolute atomic E-state index is 0.724. The van der Waals surface area contributed by atoms with E-state index in [9.17, 15) is 0 Å². The zero-order valence-electron chi connectivity index (χ0n) is 9.47. The van der Waals surface area contributed by atoms with Gasteiger partial charge in [0.25, 0.3) is 0 Å². The van der Waals surface area contributed by atoms with Crippen molar-refractivity contribution in [3.8, 4) is 6.07 Å². The number of unbranched alkanes of at least 4 members (excludes halogenated alkanes) is 2. The molecule has 1 aliphatic rings. The normalized spacial score (nSPS) is 27.1. The maximum Gasteiger partial charge on any atom is 0.0624 e. The van der Waals surface area contributed by atoms with Crippen LogP contribution in [-0.4, -0.2) is 0 Å². The van der Waals surface area contributed by atoms with Gasteiger partial charge in [-0.05, 0) is 24.7 Å². The third-order valence-electron chi connectivity index (χ3n) is 3.56. The smallest absolute Gasteiger partial charge is 0.0624 e. The fourth-order valence-electron chi connectivity index (χ4n) is 2.54. The van der Waals surface area contributed by atoms with Gasteiger partial charge in [0.05, 0.1) is 6.07 Å². The Balaban J connectivity index is 2.07. The van der Waals surface area contributed by atoms with Gasteiger partial charge in [-0.1, -0.05) is 45.4 Å². The molecule has 0 radical (unpaired) electrons. The molecule has 0 saturated heterocycles. The molecule has 0 amide bonds. The molecule has 1 rings (SSSR count). The molecule has 1 aliphatic carbocycles. The molecule has 0 aliphatic heterocycles. The largest absolute Gasteiger partial charge is 0.198 e. The molecule has 0 atom stereocenters. The maximum atomic E-state index is 8.61. The van der Waals surface area contributed by atoms with Crippen LogP contribution in [0.25, 0.3) is 0 Å². The Hall–Kier alpha value is -0.510. The first-order chi connectivity index (χ1) is 6.86. The van der Waals surface area contributed by atoms with Crippen LogP contribution >= 0.6 is 0 Å². The highest BCUT2D eigenvalue weighted by Crippen LogP contribution is 2.33. The van der Waals surface area contributed by atoms with Crippen LogP contribution < -0.4 is 0 Å². The highest BCUT2D eigenvalue weighted by molar-refractivity contribution is 4.80. The van der Waals surface area contributed by atoms with Gasteiger partial charge in [0.15, 0.2) is 0 Å². The Morgan fingerprint density at radius 3 is 2.29 bits per heavy atom. The number of nitrogens with zero attached hydrogens (tertiary/aromatic N) is 1. The summed E-state index contributed by atoms with van der Waals surface area (Å²) in [6, 6.07) is 2.30. The predicted molar refractivity (Wildman–Crippen MR) is 59.8 cm³/mol. The second-order valence-electron chi connectivity index (χ2n) is 4.74. The third-order valence-corrected chi connectivity index (χ3v) is 3.56. The molecule has 0 spiro atoms. The number of nitriles is 1. The van der Waals surface area contributed by atoms with Gasteiger partial charge in [-0.3, -0.25) is 0 Å². The van der Waals surface area contributed by atoms with Gasteiger partial charge in [-0.2, -0.15) is 5.26 Å². The molecule has 0 aromatic rings. The standard InChI is InChI=1S/C13H23N/c1-2-3-4-5-12-6-8-13(9-7-12)10-11-14/h12-13H,2-10H2,1H3/t12-,13-. The third kappa shape index (κ3) is 4.13. The molecule has 0 heterocycles. The first-order valence-electron chi connectivity index (χ1n) is 6.23. The lowest BCUT2D eigenvalue weighted by Gasteiger charge is -2.27. The minimum Gasteiger partial charge on any atom is -0.198 e. The molecule has 1 fully saturated rings. The second-order valence-corrected chi connectivity index (χ2v) is 4.74. The molecule has 80 valence electrons. The zero-order valence-corrected chi connectivity index (χ0v) is 9.47. The lowest BCUT2D eigenvalue weighted by molar-refractivity contribution is 0.261. The molecule has 0 unspecified atom stereocenters. The molecular formula is C13H23N. The van der Waals surface area contributed by atoms with Crippen molar-refractivity contribution in [3.63, 3.8) is 0 Å². The lowest BCUT2D eigenvalue weighted by Crippen LogP contribution is -2.14. The van der Waals surface area contributed by atoms with E-state index >= 15 is 0 Å². The van der Waals surface area contributed by atoms with Crippen LogP contribution in [0.4, 0.5) is 0 Å². The van der Waals surface area contributed by atoms with Crippen LogP contribution in [0.2, 0.25) is 0 Å². The van der Waals surface area contributed by atoms with E-state index in [1.807, 2.05) is 0 Å². The van der Waals surface area contributed by atoms with E-state index in [1.165, 1.54) is 51.4 Å². The minimum atomic E-state index is 0.724. The van der Waals surface area contributed by atoms with Gasteiger partial charge < -0.3 is 0 Å². The van der Waals surface area contributed by atoms with Crippen molar-refractivity contribution in [2.75, 3.05) is 0 Å². The summed E-state index contributed by atoms with van der Waals surface area (Å²) in [5.74, 6) is 1.71. The molecule has 14 heavy (non-hydrogen) atoms. The fourth-order valence-corrected chi connectivity index (χ4v) is 2.54. The lowest BCUT2D eigenvalue weighted by atomic mass is 9.79. The Labute approximate surface area is 88.5 Å². The second kappa shape index (κ2) is 6.87. The summed E-state index contributed by atoms with van der Waals surface area (Å²) in [6.07, 6.45) is 11.8. The van der Waals surface area contributed by atoms with Gasteiger partial charge in [0.2, 0.25) is 0 Å². The van der Waals surface area contributed by atoms with E-state index in [-0.39, 0.29) is 0 Å². The first-order valence-corrected chi connectivity index (χ1v) is 6.23. The summed E-state index contributed by atoms with van der Waals surface area (Å²) >= 11 is 0. The van der Waals surface area contributed by atoms with Crippen molar-refractivity contribution in [3.05, 3.63) is 0 Å². The Morgan fingerprint density at radius 1 is 1.07 bits per heavy atom. The van der Waals surface area contributed by atoms with Crippen molar-refractivity contribution >= 4 is 0 Å². The van der Waals surface area contributed by atoms with E-state index in [1.54, 1.807) is 0 Å². The Bertz CT molecular complexity index is 172. The highest BCUT2D eigenvalue weighted by atomic mass is 14.3. The van der Waals surface area contributed by atoms with E-state index in [0.29, 0.717) is 0 Å². The molecule has 0 aromatic carbocycles. The molecular weight excluding hydrogens is 170 g/mol. The van der Waals surface area contributed by atoms with Crippen molar-refractivity contribution in [2.24, 2.45) is 11.8 Å². The zero-order chi connectivity index (χ0) is 10.2. The van der Waals surface area contributed by atoms with Gasteiger partial charge in [0.1, 0.15) is 0 Å². The average molecular weight is 193 g/mol. The van der Waals surface area contributed by atoms with Crippen LogP contribution in [0.15, 0.2) is 0 Å². The van der Waals surface area contributed by atoms with E-state index in [0.717, 1.165) is 18.3 Å². The molecule has 1 saturated carbocycles. The van der Waals surface area contributed by atoms with Crippen LogP contribution in [0.1, 0.15) is 64.7 Å². The number of hydrogen-bond donors (Lipinski definition) is 0. The Morgan fingerprint density at radius 2 is 1.71 bits per heavy atom. The molecule has 1 heteroatoms. The van der Waals surface area contributed by atoms with Crippen molar-refractivity contribution in [1.29, 1.82) is 5.26 Å². The fraction of sp³-hybridized carbons (Fsp3) is 0.923. The van der Waals surface area contributed by atoms with Crippen molar-refractivity contribution in [1.82, 2.24) is 0 Å². The SMILES string of the molecule is CCCCC[C@H]1CC[C@H](CC#N)CC1. The monoisotopic (exact) mass is 193 g/mol. The summed E-state index contributed by atoms with van der Waals surface area (Å²) < 4.78 is 0. The van der Waals surface area contributed by atoms with Crippen LogP contribution in [0, 0.1) is 23.2 Å². The number of hydrogen-bond acceptors (Lipinski definition) is 1. The molecule has 0 N–H and O–H groups in total. The predicted octanol–water partition coefficient (Wildman–Crippen LogP) is 4.29. The van der Waals surface area contributed by atoms with Crippen LogP contribution in [-0.2, 0) is 0 Å². The van der Waals surface area contributed by atoms with Gasteiger partial charge in [0, 0.05) is 6.42 Å². The van der Waals surface area contributed by atoms with Crippen LogP contribution in [0.5, 0.6) is 0 Å². The van der Waals surface area contributed by atoms with Gasteiger partial charge in [-0.25, -0.2) is 0 Å². The highest BCUT2D eigenvalue weighted by Gasteiger charge is 2.20. The summed E-state index contributed by atoms with van der Waals surface area (Å²) in [7, 11) is 0. The number of rotatable bonds is 5. The molecule has 0 bridgehead atoms. The van der Waals surface area contributed by atoms with Crippen molar-refractivity contribution in [2.45, 2.75) is 64.7 Å². The van der Waals surface area contributed by atoms with E-state index in [4.69, 9.17) is 5.26 Å². The van der Waals surface area contributed by atoms with Crippen LogP contribution in [0.3, 0.4) is 0 Å². The Kier molecular flexibility index (Phi) is 5.68. The van der Waals surface area contributed by atoms with Crippen molar-refractivity contribution < 1.29 is 0 Å². The summed E-state index contributed by atoms with van der Waals surface area (Å²) in [5, 5.41) is 8.61. The summed E-state index contributed by atoms with van der Waals surface area (Å²) in [5.41, 5.74) is 0. The summed E-state index contributed by atoms with van der Waals surface area (Å²) in [6.45, 7) is 2.27.